The average molecular weight is 237 g/mol. The van der Waals surface area contributed by atoms with Gasteiger partial charge < -0.3 is 10.6 Å². The van der Waals surface area contributed by atoms with E-state index in [-0.39, 0.29) is 5.69 Å². The van der Waals surface area contributed by atoms with E-state index < -0.39 is 4.92 Å². The smallest absolute Gasteiger partial charge is 0.271 e. The van der Waals surface area contributed by atoms with E-state index in [1.165, 1.54) is 12.1 Å². The van der Waals surface area contributed by atoms with Gasteiger partial charge >= 0.3 is 0 Å². The van der Waals surface area contributed by atoms with Crippen LogP contribution in [0.3, 0.4) is 0 Å². The Morgan fingerprint density at radius 3 is 2.59 bits per heavy atom. The Balaban J connectivity index is 2.81. The third-order valence-corrected chi connectivity index (χ3v) is 2.68. The van der Waals surface area contributed by atoms with Crippen molar-refractivity contribution in [1.82, 2.24) is 0 Å². The number of nitrogens with zero attached hydrogens (tertiary/aromatic N) is 2. The van der Waals surface area contributed by atoms with Crippen molar-refractivity contribution in [3.8, 4) is 0 Å². The summed E-state index contributed by atoms with van der Waals surface area (Å²) in [4.78, 5) is 12.2. The maximum Gasteiger partial charge on any atom is 0.271 e. The predicted octanol–water partition coefficient (Wildman–Crippen LogP) is 2.66. The van der Waals surface area contributed by atoms with E-state index >= 15 is 0 Å². The Bertz CT molecular complexity index is 405. The molecule has 0 radical (unpaired) electrons. The quantitative estimate of drug-likeness (QED) is 0.485. The van der Waals surface area contributed by atoms with Crippen LogP contribution in [0.2, 0.25) is 0 Å². The monoisotopic (exact) mass is 237 g/mol. The first-order valence-electron chi connectivity index (χ1n) is 5.67. The number of rotatable bonds is 5. The lowest BCUT2D eigenvalue weighted by Gasteiger charge is -2.21. The number of nitro groups is 1. The van der Waals surface area contributed by atoms with Crippen LogP contribution in [0, 0.1) is 16.0 Å². The molecule has 0 heterocycles. The summed E-state index contributed by atoms with van der Waals surface area (Å²) in [7, 11) is 1.94. The molecular weight excluding hydrogens is 218 g/mol. The van der Waals surface area contributed by atoms with E-state index in [0.717, 1.165) is 18.7 Å². The molecule has 0 bridgehead atoms. The molecule has 0 atom stereocenters. The second kappa shape index (κ2) is 5.52. The molecule has 0 aromatic heterocycles. The van der Waals surface area contributed by atoms with Crippen molar-refractivity contribution in [2.75, 3.05) is 24.2 Å². The van der Waals surface area contributed by atoms with Crippen LogP contribution in [0.1, 0.15) is 20.3 Å². The first kappa shape index (κ1) is 13.3. The van der Waals surface area contributed by atoms with Gasteiger partial charge in [-0.2, -0.15) is 0 Å². The Kier molecular flexibility index (Phi) is 4.31. The standard InChI is InChI=1S/C12H19N3O2/c1-9(2)6-7-14(3)12-5-4-10(15(16)17)8-11(12)13/h4-5,8-9H,6-7,13H2,1-3H3. The van der Waals surface area contributed by atoms with Gasteiger partial charge in [-0.15, -0.1) is 0 Å². The molecule has 2 N–H and O–H groups in total. The van der Waals surface area contributed by atoms with Crippen molar-refractivity contribution >= 4 is 17.1 Å². The average Bonchev–Trinajstić information content (AvgIpc) is 2.25. The summed E-state index contributed by atoms with van der Waals surface area (Å²) in [6.07, 6.45) is 1.06. The minimum absolute atomic E-state index is 0.0310. The van der Waals surface area contributed by atoms with Gasteiger partial charge in [-0.05, 0) is 18.4 Å². The minimum atomic E-state index is -0.436. The molecule has 94 valence electrons. The van der Waals surface area contributed by atoms with Crippen LogP contribution in [0.5, 0.6) is 0 Å². The topological polar surface area (TPSA) is 72.4 Å². The molecular formula is C12H19N3O2. The lowest BCUT2D eigenvalue weighted by Crippen LogP contribution is -2.21. The molecule has 0 amide bonds. The van der Waals surface area contributed by atoms with Gasteiger partial charge in [-0.3, -0.25) is 10.1 Å². The van der Waals surface area contributed by atoms with Crippen LogP contribution < -0.4 is 10.6 Å². The van der Waals surface area contributed by atoms with Crippen molar-refractivity contribution in [2.45, 2.75) is 20.3 Å². The second-order valence-electron chi connectivity index (χ2n) is 4.60. The number of nitro benzene ring substituents is 1. The zero-order chi connectivity index (χ0) is 13.0. The lowest BCUT2D eigenvalue weighted by atomic mass is 10.1. The Morgan fingerprint density at radius 1 is 1.47 bits per heavy atom. The molecule has 0 unspecified atom stereocenters. The number of nitrogens with two attached hydrogens (primary N) is 1. The molecule has 1 aromatic rings. The molecule has 0 fully saturated rings. The first-order chi connectivity index (χ1) is 7.91. The molecule has 0 aliphatic rings. The molecule has 0 spiro atoms. The van der Waals surface area contributed by atoms with Gasteiger partial charge in [0.15, 0.2) is 0 Å². The third kappa shape index (κ3) is 3.62. The number of hydrogen-bond donors (Lipinski definition) is 1. The van der Waals surface area contributed by atoms with E-state index in [0.29, 0.717) is 11.6 Å². The van der Waals surface area contributed by atoms with Crippen molar-refractivity contribution in [3.05, 3.63) is 28.3 Å². The number of non-ortho nitro benzene ring substituents is 1. The summed E-state index contributed by atoms with van der Waals surface area (Å²) < 4.78 is 0. The summed E-state index contributed by atoms with van der Waals surface area (Å²) >= 11 is 0. The molecule has 17 heavy (non-hydrogen) atoms. The number of benzene rings is 1. The summed E-state index contributed by atoms with van der Waals surface area (Å²) in [5, 5.41) is 10.6. The van der Waals surface area contributed by atoms with Crippen LogP contribution in [-0.2, 0) is 0 Å². The normalized spacial score (nSPS) is 10.6. The van der Waals surface area contributed by atoms with E-state index in [9.17, 15) is 10.1 Å². The maximum absolute atomic E-state index is 10.6. The van der Waals surface area contributed by atoms with Crippen LogP contribution in [0.25, 0.3) is 0 Å². The van der Waals surface area contributed by atoms with Gasteiger partial charge in [-0.1, -0.05) is 13.8 Å². The highest BCUT2D eigenvalue weighted by atomic mass is 16.6. The fourth-order valence-electron chi connectivity index (χ4n) is 1.58. The molecule has 1 aromatic carbocycles. The number of hydrogen-bond acceptors (Lipinski definition) is 4. The van der Waals surface area contributed by atoms with Crippen molar-refractivity contribution in [1.29, 1.82) is 0 Å². The molecule has 5 heteroatoms. The van der Waals surface area contributed by atoms with Gasteiger partial charge in [0.05, 0.1) is 16.3 Å². The molecule has 0 aliphatic heterocycles. The Hall–Kier alpha value is -1.78. The molecule has 0 saturated heterocycles. The van der Waals surface area contributed by atoms with Crippen LogP contribution >= 0.6 is 0 Å². The largest absolute Gasteiger partial charge is 0.397 e. The molecule has 5 nitrogen and oxygen atoms in total. The maximum atomic E-state index is 10.6. The van der Waals surface area contributed by atoms with Crippen LogP contribution in [-0.4, -0.2) is 18.5 Å². The first-order valence-corrected chi connectivity index (χ1v) is 5.67. The van der Waals surface area contributed by atoms with E-state index in [2.05, 4.69) is 13.8 Å². The van der Waals surface area contributed by atoms with E-state index in [4.69, 9.17) is 5.73 Å². The van der Waals surface area contributed by atoms with Crippen molar-refractivity contribution < 1.29 is 4.92 Å². The summed E-state index contributed by atoms with van der Waals surface area (Å²) in [6.45, 7) is 5.21. The highest BCUT2D eigenvalue weighted by Gasteiger charge is 2.11. The SMILES string of the molecule is CC(C)CCN(C)c1ccc([N+](=O)[O-])cc1N. The zero-order valence-electron chi connectivity index (χ0n) is 10.5. The molecule has 1 rings (SSSR count). The zero-order valence-corrected chi connectivity index (χ0v) is 10.5. The van der Waals surface area contributed by atoms with Crippen LogP contribution in [0.4, 0.5) is 17.1 Å². The van der Waals surface area contributed by atoms with Crippen LogP contribution in [0.15, 0.2) is 18.2 Å². The Labute approximate surface area is 101 Å². The van der Waals surface area contributed by atoms with Crippen molar-refractivity contribution in [3.63, 3.8) is 0 Å². The lowest BCUT2D eigenvalue weighted by molar-refractivity contribution is -0.384. The molecule has 0 aliphatic carbocycles. The minimum Gasteiger partial charge on any atom is -0.397 e. The summed E-state index contributed by atoms with van der Waals surface area (Å²) in [5.41, 5.74) is 7.14. The Morgan fingerprint density at radius 2 is 2.12 bits per heavy atom. The summed E-state index contributed by atoms with van der Waals surface area (Å²) in [6, 6.07) is 4.59. The van der Waals surface area contributed by atoms with E-state index in [1.807, 2.05) is 11.9 Å². The van der Waals surface area contributed by atoms with Gasteiger partial charge in [-0.25, -0.2) is 0 Å². The highest BCUT2D eigenvalue weighted by molar-refractivity contribution is 5.70. The molecule has 0 saturated carbocycles. The third-order valence-electron chi connectivity index (χ3n) is 2.68. The second-order valence-corrected chi connectivity index (χ2v) is 4.60. The van der Waals surface area contributed by atoms with Gasteiger partial charge in [0.25, 0.3) is 5.69 Å². The summed E-state index contributed by atoms with van der Waals surface area (Å²) in [5.74, 6) is 0.622. The fourth-order valence-corrected chi connectivity index (χ4v) is 1.58. The van der Waals surface area contributed by atoms with E-state index in [1.54, 1.807) is 6.07 Å². The van der Waals surface area contributed by atoms with Gasteiger partial charge in [0.2, 0.25) is 0 Å². The fraction of sp³-hybridized carbons (Fsp3) is 0.500. The predicted molar refractivity (Wildman–Crippen MR) is 70.2 cm³/mol. The number of nitrogen functional groups attached to an aromatic ring is 1. The van der Waals surface area contributed by atoms with Gasteiger partial charge in [0, 0.05) is 25.7 Å². The van der Waals surface area contributed by atoms with Gasteiger partial charge in [0.1, 0.15) is 0 Å². The van der Waals surface area contributed by atoms with Crippen molar-refractivity contribution in [2.24, 2.45) is 5.92 Å². The highest BCUT2D eigenvalue weighted by Crippen LogP contribution is 2.27. The number of anilines is 2.